The number of carbonyl (C=O) groups excluding carboxylic acids is 2. The van der Waals surface area contributed by atoms with E-state index in [4.69, 9.17) is 20.9 Å². The lowest BCUT2D eigenvalue weighted by Gasteiger charge is -2.20. The van der Waals surface area contributed by atoms with Crippen LogP contribution in [-0.4, -0.2) is 50.7 Å². The molecule has 0 aliphatic heterocycles. The van der Waals surface area contributed by atoms with Gasteiger partial charge >= 0.3 is 11.9 Å². The predicted octanol–water partition coefficient (Wildman–Crippen LogP) is 6.82. The second-order valence-electron chi connectivity index (χ2n) is 13.2. The number of aromatic amines is 1. The van der Waals surface area contributed by atoms with Crippen LogP contribution in [-0.2, 0) is 25.6 Å². The fourth-order valence-corrected chi connectivity index (χ4v) is 5.58. The van der Waals surface area contributed by atoms with Crippen LogP contribution in [0.4, 0.5) is 5.95 Å². The van der Waals surface area contributed by atoms with E-state index in [0.29, 0.717) is 25.0 Å². The van der Waals surface area contributed by atoms with Gasteiger partial charge in [-0.05, 0) is 18.8 Å². The highest BCUT2D eigenvalue weighted by Crippen LogP contribution is 2.16. The molecule has 0 saturated heterocycles. The molecule has 2 aromatic heterocycles. The number of esters is 2. The highest BCUT2D eigenvalue weighted by atomic mass is 16.5. The average molecular weight is 647 g/mol. The van der Waals surface area contributed by atoms with E-state index in [2.05, 4.69) is 21.9 Å². The van der Waals surface area contributed by atoms with Gasteiger partial charge in [-0.25, -0.2) is 4.98 Å². The molecule has 0 saturated carbocycles. The molecule has 0 bridgehead atoms. The first-order valence-corrected chi connectivity index (χ1v) is 18.0. The molecule has 0 fully saturated rings. The lowest BCUT2D eigenvalue weighted by Crippen LogP contribution is -2.38. The van der Waals surface area contributed by atoms with Crippen LogP contribution in [0.15, 0.2) is 11.1 Å². The topological polar surface area (TPSA) is 168 Å². The average Bonchev–Trinajstić information content (AvgIpc) is 3.43. The van der Waals surface area contributed by atoms with E-state index in [1.165, 1.54) is 96.2 Å². The summed E-state index contributed by atoms with van der Waals surface area (Å²) in [5.74, 6) is -0.991. The Kier molecular flexibility index (Phi) is 19.9. The molecule has 0 aliphatic rings. The summed E-state index contributed by atoms with van der Waals surface area (Å²) in [4.78, 5) is 47.7. The Morgan fingerprint density at radius 3 is 1.96 bits per heavy atom. The second kappa shape index (κ2) is 23.4. The number of fused-ring (bicyclic) bond motifs is 1. The number of nitrogens with one attached hydrogen (secondary N) is 1. The molecule has 0 spiro atoms. The highest BCUT2D eigenvalue weighted by molar-refractivity contribution is 5.75. The molecular weight excluding hydrogens is 584 g/mol. The SMILES string of the molecule is CCCCCCCCCCCCCCCCCCCC(=O)OCC[C@@H](COC(=O)[C@@H](N)C(C)C)Cn1cnc2c(=O)[nH]c(N)nc21. The highest BCUT2D eigenvalue weighted by Gasteiger charge is 2.22. The van der Waals surface area contributed by atoms with Gasteiger partial charge in [0.1, 0.15) is 6.04 Å². The first-order chi connectivity index (χ1) is 22.2. The summed E-state index contributed by atoms with van der Waals surface area (Å²) < 4.78 is 12.7. The van der Waals surface area contributed by atoms with Gasteiger partial charge in [-0.1, -0.05) is 124 Å². The van der Waals surface area contributed by atoms with Gasteiger partial charge in [-0.2, -0.15) is 4.98 Å². The molecule has 2 heterocycles. The number of hydrogen-bond acceptors (Lipinski definition) is 9. The zero-order valence-corrected chi connectivity index (χ0v) is 28.9. The number of anilines is 1. The van der Waals surface area contributed by atoms with Crippen LogP contribution in [0.1, 0.15) is 143 Å². The molecular formula is C35H62N6O5. The fourth-order valence-electron chi connectivity index (χ4n) is 5.58. The Balaban J connectivity index is 1.61. The van der Waals surface area contributed by atoms with Crippen molar-refractivity contribution in [2.45, 2.75) is 155 Å². The van der Waals surface area contributed by atoms with Crippen LogP contribution >= 0.6 is 0 Å². The summed E-state index contributed by atoms with van der Waals surface area (Å²) >= 11 is 0. The minimum absolute atomic E-state index is 0.0107. The number of rotatable bonds is 27. The van der Waals surface area contributed by atoms with Crippen LogP contribution in [0.3, 0.4) is 0 Å². The normalized spacial score (nSPS) is 12.9. The molecule has 0 unspecified atom stereocenters. The van der Waals surface area contributed by atoms with Gasteiger partial charge in [0.05, 0.1) is 19.5 Å². The Morgan fingerprint density at radius 2 is 1.41 bits per heavy atom. The fraction of sp³-hybridized carbons (Fsp3) is 0.800. The third kappa shape index (κ3) is 16.1. The van der Waals surface area contributed by atoms with E-state index in [0.717, 1.165) is 19.3 Å². The van der Waals surface area contributed by atoms with Crippen molar-refractivity contribution in [3.8, 4) is 0 Å². The predicted molar refractivity (Wildman–Crippen MR) is 184 cm³/mol. The van der Waals surface area contributed by atoms with Gasteiger partial charge in [0.15, 0.2) is 11.2 Å². The molecule has 0 amide bonds. The van der Waals surface area contributed by atoms with E-state index in [9.17, 15) is 14.4 Å². The molecule has 0 aliphatic carbocycles. The number of imidazole rings is 1. The third-order valence-electron chi connectivity index (χ3n) is 8.67. The largest absolute Gasteiger partial charge is 0.466 e. The van der Waals surface area contributed by atoms with Gasteiger partial charge in [0.2, 0.25) is 5.95 Å². The Labute approximate surface area is 276 Å². The van der Waals surface area contributed by atoms with Gasteiger partial charge in [-0.15, -0.1) is 0 Å². The van der Waals surface area contributed by atoms with Crippen LogP contribution in [0.5, 0.6) is 0 Å². The number of nitrogen functional groups attached to an aromatic ring is 1. The number of carbonyl (C=O) groups is 2. The van der Waals surface area contributed by atoms with E-state index in [1.54, 1.807) is 4.57 Å². The Morgan fingerprint density at radius 1 is 0.870 bits per heavy atom. The van der Waals surface area contributed by atoms with E-state index in [1.807, 2.05) is 13.8 Å². The summed E-state index contributed by atoms with van der Waals surface area (Å²) in [6, 6.07) is -0.725. The minimum atomic E-state index is -0.725. The van der Waals surface area contributed by atoms with Gasteiger partial charge in [0.25, 0.3) is 5.56 Å². The summed E-state index contributed by atoms with van der Waals surface area (Å²) in [5, 5.41) is 0. The monoisotopic (exact) mass is 646 g/mol. The molecule has 2 aromatic rings. The van der Waals surface area contributed by atoms with Gasteiger partial charge in [-0.3, -0.25) is 19.4 Å². The second-order valence-corrected chi connectivity index (χ2v) is 13.2. The lowest BCUT2D eigenvalue weighted by atomic mass is 10.0. The molecule has 2 rings (SSSR count). The number of unbranched alkanes of at least 4 members (excludes halogenated alkanes) is 16. The maximum Gasteiger partial charge on any atom is 0.323 e. The van der Waals surface area contributed by atoms with E-state index < -0.39 is 17.6 Å². The smallest absolute Gasteiger partial charge is 0.323 e. The minimum Gasteiger partial charge on any atom is -0.466 e. The molecule has 11 heteroatoms. The summed E-state index contributed by atoms with van der Waals surface area (Å²) in [6.07, 6.45) is 24.4. The number of nitrogens with zero attached hydrogens (tertiary/aromatic N) is 3. The maximum atomic E-state index is 12.4. The van der Waals surface area contributed by atoms with Gasteiger partial charge < -0.3 is 25.5 Å². The van der Waals surface area contributed by atoms with E-state index in [-0.39, 0.29) is 42.5 Å². The van der Waals surface area contributed by atoms with Crippen molar-refractivity contribution in [2.24, 2.45) is 17.6 Å². The molecule has 2 atom stereocenters. The van der Waals surface area contributed by atoms with Crippen molar-refractivity contribution < 1.29 is 19.1 Å². The van der Waals surface area contributed by atoms with Crippen molar-refractivity contribution in [1.29, 1.82) is 0 Å². The first kappa shape index (κ1) is 39.2. The summed E-state index contributed by atoms with van der Waals surface area (Å²) in [7, 11) is 0. The molecule has 0 radical (unpaired) electrons. The van der Waals surface area contributed by atoms with Crippen molar-refractivity contribution in [3.63, 3.8) is 0 Å². The zero-order chi connectivity index (χ0) is 33.6. The van der Waals surface area contributed by atoms with Crippen LogP contribution in [0.25, 0.3) is 11.2 Å². The van der Waals surface area contributed by atoms with Crippen LogP contribution in [0, 0.1) is 11.8 Å². The number of H-pyrrole nitrogens is 1. The van der Waals surface area contributed by atoms with Crippen molar-refractivity contribution >= 4 is 29.1 Å². The molecule has 11 nitrogen and oxygen atoms in total. The zero-order valence-electron chi connectivity index (χ0n) is 28.9. The standard InChI is InChI=1S/C35H62N6O5/c1-4-5-6-7-8-9-10-11-12-13-14-15-16-17-18-19-20-21-29(42)45-23-22-28(25-46-34(44)30(36)27(2)3)24-41-26-38-31-32(41)39-35(37)40-33(31)43/h26-28,30H,4-25,36H2,1-3H3,(H3,37,39,40,43)/t28-,30+/m1/s1. The van der Waals surface area contributed by atoms with Crippen molar-refractivity contribution in [2.75, 3.05) is 18.9 Å². The number of ether oxygens (including phenoxy) is 2. The Hall–Kier alpha value is -2.95. The Bertz CT molecular complexity index is 1180. The number of nitrogens with two attached hydrogens (primary N) is 2. The third-order valence-corrected chi connectivity index (χ3v) is 8.67. The van der Waals surface area contributed by atoms with E-state index >= 15 is 0 Å². The quantitative estimate of drug-likeness (QED) is 0.0696. The molecule has 262 valence electrons. The lowest BCUT2D eigenvalue weighted by molar-refractivity contribution is -0.149. The summed E-state index contributed by atoms with van der Waals surface area (Å²) in [6.45, 7) is 6.59. The van der Waals surface area contributed by atoms with Crippen molar-refractivity contribution in [3.05, 3.63) is 16.7 Å². The first-order valence-electron chi connectivity index (χ1n) is 18.0. The van der Waals surface area contributed by atoms with Gasteiger partial charge in [0, 0.05) is 18.9 Å². The van der Waals surface area contributed by atoms with Crippen LogP contribution < -0.4 is 17.0 Å². The number of hydrogen-bond donors (Lipinski definition) is 3. The van der Waals surface area contributed by atoms with Crippen LogP contribution in [0.2, 0.25) is 0 Å². The summed E-state index contributed by atoms with van der Waals surface area (Å²) in [5.41, 5.74) is 11.8. The molecule has 46 heavy (non-hydrogen) atoms. The molecule has 5 N–H and O–H groups in total. The molecule has 0 aromatic carbocycles. The van der Waals surface area contributed by atoms with Crippen molar-refractivity contribution in [1.82, 2.24) is 19.5 Å². The number of aromatic nitrogens is 4. The maximum absolute atomic E-state index is 12.4.